The van der Waals surface area contributed by atoms with Gasteiger partial charge in [0, 0.05) is 12.3 Å². The fourth-order valence-electron chi connectivity index (χ4n) is 4.40. The van der Waals surface area contributed by atoms with Crippen molar-refractivity contribution in [1.82, 2.24) is 4.90 Å². The van der Waals surface area contributed by atoms with Gasteiger partial charge in [0.05, 0.1) is 19.3 Å². The van der Waals surface area contributed by atoms with Gasteiger partial charge in [-0.05, 0) is 30.2 Å². The van der Waals surface area contributed by atoms with E-state index in [0.717, 1.165) is 24.8 Å². The lowest BCUT2D eigenvalue weighted by molar-refractivity contribution is -0.142. The molecular formula is C22H31NO5. The lowest BCUT2D eigenvalue weighted by Crippen LogP contribution is -2.43. The van der Waals surface area contributed by atoms with E-state index in [1.54, 1.807) is 0 Å². The predicted molar refractivity (Wildman–Crippen MR) is 105 cm³/mol. The van der Waals surface area contributed by atoms with Crippen molar-refractivity contribution < 1.29 is 24.2 Å². The van der Waals surface area contributed by atoms with E-state index in [-0.39, 0.29) is 30.6 Å². The Hall–Kier alpha value is -2.08. The average Bonchev–Trinajstić information content (AvgIpc) is 3.27. The van der Waals surface area contributed by atoms with Crippen molar-refractivity contribution in [3.63, 3.8) is 0 Å². The number of hydrogen-bond donors (Lipinski definition) is 1. The zero-order chi connectivity index (χ0) is 20.3. The number of carboxylic acids is 1. The first kappa shape index (κ1) is 20.6. The molecule has 1 aliphatic heterocycles. The molecule has 1 saturated heterocycles. The van der Waals surface area contributed by atoms with Crippen LogP contribution in [0.2, 0.25) is 0 Å². The zero-order valence-electron chi connectivity index (χ0n) is 17.0. The molecule has 0 spiro atoms. The molecule has 6 nitrogen and oxygen atoms in total. The van der Waals surface area contributed by atoms with E-state index >= 15 is 0 Å². The van der Waals surface area contributed by atoms with Crippen LogP contribution in [0.4, 0.5) is 4.79 Å². The molecule has 1 heterocycles. The number of likely N-dealkylation sites (tertiary alicyclic amines) is 1. The topological polar surface area (TPSA) is 76.1 Å². The average molecular weight is 389 g/mol. The minimum absolute atomic E-state index is 0.0555. The number of nitrogens with zero attached hydrogens (tertiary/aromatic N) is 1. The highest BCUT2D eigenvalue weighted by Gasteiger charge is 2.44. The van der Waals surface area contributed by atoms with Crippen molar-refractivity contribution in [1.29, 1.82) is 0 Å². The van der Waals surface area contributed by atoms with Crippen LogP contribution in [0, 0.1) is 11.3 Å². The number of benzene rings is 1. The summed E-state index contributed by atoms with van der Waals surface area (Å²) in [5.74, 6) is -0.714. The van der Waals surface area contributed by atoms with E-state index in [0.29, 0.717) is 12.5 Å². The molecule has 0 radical (unpaired) electrons. The fourth-order valence-corrected chi connectivity index (χ4v) is 4.40. The van der Waals surface area contributed by atoms with Gasteiger partial charge in [0.15, 0.2) is 0 Å². The van der Waals surface area contributed by atoms with Gasteiger partial charge in [0.25, 0.3) is 0 Å². The molecule has 2 unspecified atom stereocenters. The Kier molecular flexibility index (Phi) is 6.28. The fraction of sp³-hybridized carbons (Fsp3) is 0.636. The molecule has 4 atom stereocenters. The van der Waals surface area contributed by atoms with Crippen molar-refractivity contribution >= 4 is 12.1 Å². The molecule has 2 fully saturated rings. The Morgan fingerprint density at radius 3 is 2.54 bits per heavy atom. The third kappa shape index (κ3) is 4.85. The minimum atomic E-state index is -1.01. The Morgan fingerprint density at radius 2 is 1.89 bits per heavy atom. The maximum atomic E-state index is 12.8. The maximum Gasteiger partial charge on any atom is 0.410 e. The second-order valence-corrected chi connectivity index (χ2v) is 8.99. The number of carbonyl (C=O) groups is 2. The summed E-state index contributed by atoms with van der Waals surface area (Å²) in [4.78, 5) is 25.8. The van der Waals surface area contributed by atoms with Crippen molar-refractivity contribution in [2.75, 3.05) is 6.54 Å². The summed E-state index contributed by atoms with van der Waals surface area (Å²) in [5.41, 5.74) is 1.08. The van der Waals surface area contributed by atoms with E-state index in [9.17, 15) is 14.7 Å². The lowest BCUT2D eigenvalue weighted by atomic mass is 9.78. The van der Waals surface area contributed by atoms with Crippen LogP contribution in [-0.2, 0) is 20.9 Å². The Labute approximate surface area is 166 Å². The summed E-state index contributed by atoms with van der Waals surface area (Å²) in [6.07, 6.45) is 2.21. The summed E-state index contributed by atoms with van der Waals surface area (Å²) in [7, 11) is 0. The molecule has 0 bridgehead atoms. The van der Waals surface area contributed by atoms with Crippen molar-refractivity contribution in [2.24, 2.45) is 11.3 Å². The summed E-state index contributed by atoms with van der Waals surface area (Å²) in [6.45, 7) is 7.12. The largest absolute Gasteiger partial charge is 0.480 e. The highest BCUT2D eigenvalue weighted by molar-refractivity contribution is 5.81. The van der Waals surface area contributed by atoms with Crippen LogP contribution in [0.25, 0.3) is 0 Å². The van der Waals surface area contributed by atoms with E-state index in [2.05, 4.69) is 20.8 Å². The molecule has 28 heavy (non-hydrogen) atoms. The number of carboxylic acid groups (broad SMARTS) is 1. The summed E-state index contributed by atoms with van der Waals surface area (Å²) >= 11 is 0. The second-order valence-electron chi connectivity index (χ2n) is 8.99. The smallest absolute Gasteiger partial charge is 0.410 e. The molecule has 1 aromatic carbocycles. The quantitative estimate of drug-likeness (QED) is 0.821. The summed E-state index contributed by atoms with van der Waals surface area (Å²) in [5, 5.41) is 9.57. The molecule has 6 heteroatoms. The predicted octanol–water partition coefficient (Wildman–Crippen LogP) is 4.08. The number of amides is 1. The van der Waals surface area contributed by atoms with Gasteiger partial charge in [0.1, 0.15) is 12.1 Å². The Balaban J connectivity index is 1.61. The van der Waals surface area contributed by atoms with E-state index in [1.165, 1.54) is 4.90 Å². The van der Waals surface area contributed by atoms with Crippen LogP contribution >= 0.6 is 0 Å². The molecule has 154 valence electrons. The normalized spacial score (nSPS) is 27.8. The van der Waals surface area contributed by atoms with Crippen LogP contribution in [0.5, 0.6) is 0 Å². The lowest BCUT2D eigenvalue weighted by Gasteiger charge is -2.33. The van der Waals surface area contributed by atoms with Crippen LogP contribution in [0.15, 0.2) is 30.3 Å². The second kappa shape index (κ2) is 8.52. The highest BCUT2D eigenvalue weighted by atomic mass is 16.6. The SMILES string of the molecule is CC(C)(C)C1CCCC1OC(=O)N1C[C@H](OCc2ccccc2)C[C@H]1C(=O)O. The highest BCUT2D eigenvalue weighted by Crippen LogP contribution is 2.41. The molecule has 1 saturated carbocycles. The number of aliphatic carboxylic acids is 1. The van der Waals surface area contributed by atoms with Gasteiger partial charge in [-0.1, -0.05) is 51.1 Å². The standard InChI is InChI=1S/C22H31NO5/c1-22(2,3)17-10-7-11-19(17)28-21(26)23-13-16(12-18(23)20(24)25)27-14-15-8-5-4-6-9-15/h4-6,8-9,16-19H,7,10-14H2,1-3H3,(H,24,25)/t16-,17?,18+,19?/m1/s1. The Bertz CT molecular complexity index is 684. The van der Waals surface area contributed by atoms with E-state index < -0.39 is 18.1 Å². The molecule has 1 aromatic rings. The van der Waals surface area contributed by atoms with Crippen molar-refractivity contribution in [3.05, 3.63) is 35.9 Å². The maximum absolute atomic E-state index is 12.8. The van der Waals surface area contributed by atoms with Gasteiger partial charge < -0.3 is 14.6 Å². The molecule has 1 amide bonds. The summed E-state index contributed by atoms with van der Waals surface area (Å²) in [6, 6.07) is 8.83. The van der Waals surface area contributed by atoms with Crippen LogP contribution in [-0.4, -0.2) is 46.9 Å². The third-order valence-electron chi connectivity index (χ3n) is 5.93. The van der Waals surface area contributed by atoms with Gasteiger partial charge in [-0.2, -0.15) is 0 Å². The first-order chi connectivity index (χ1) is 13.3. The molecule has 1 aliphatic carbocycles. The van der Waals surface area contributed by atoms with Crippen molar-refractivity contribution in [3.8, 4) is 0 Å². The summed E-state index contributed by atoms with van der Waals surface area (Å²) < 4.78 is 11.7. The van der Waals surface area contributed by atoms with Gasteiger partial charge in [-0.15, -0.1) is 0 Å². The minimum Gasteiger partial charge on any atom is -0.480 e. The number of carbonyl (C=O) groups excluding carboxylic acids is 1. The molecule has 1 N–H and O–H groups in total. The van der Waals surface area contributed by atoms with Gasteiger partial charge in [-0.25, -0.2) is 9.59 Å². The van der Waals surface area contributed by atoms with E-state index in [1.807, 2.05) is 30.3 Å². The number of ether oxygens (including phenoxy) is 2. The molecule has 2 aliphatic rings. The molecular weight excluding hydrogens is 358 g/mol. The van der Waals surface area contributed by atoms with Gasteiger partial charge in [-0.3, -0.25) is 4.90 Å². The monoisotopic (exact) mass is 389 g/mol. The van der Waals surface area contributed by atoms with Gasteiger partial charge >= 0.3 is 12.1 Å². The first-order valence-corrected chi connectivity index (χ1v) is 10.1. The molecule has 0 aromatic heterocycles. The first-order valence-electron chi connectivity index (χ1n) is 10.1. The number of rotatable bonds is 5. The van der Waals surface area contributed by atoms with Crippen LogP contribution < -0.4 is 0 Å². The Morgan fingerprint density at radius 1 is 1.18 bits per heavy atom. The molecule has 3 rings (SSSR count). The zero-order valence-corrected chi connectivity index (χ0v) is 17.0. The third-order valence-corrected chi connectivity index (χ3v) is 5.93. The van der Waals surface area contributed by atoms with Gasteiger partial charge in [0.2, 0.25) is 0 Å². The number of hydrogen-bond acceptors (Lipinski definition) is 4. The van der Waals surface area contributed by atoms with Crippen LogP contribution in [0.1, 0.15) is 52.0 Å². The van der Waals surface area contributed by atoms with Crippen LogP contribution in [0.3, 0.4) is 0 Å². The van der Waals surface area contributed by atoms with Crippen molar-refractivity contribution in [2.45, 2.75) is 71.3 Å². The van der Waals surface area contributed by atoms with E-state index in [4.69, 9.17) is 9.47 Å².